The van der Waals surface area contributed by atoms with Gasteiger partial charge in [0.05, 0.1) is 16.3 Å². The zero-order valence-electron chi connectivity index (χ0n) is 13.0. The number of anilines is 2. The molecule has 0 aromatic heterocycles. The lowest BCUT2D eigenvalue weighted by Gasteiger charge is -2.24. The third-order valence-electron chi connectivity index (χ3n) is 4.50. The van der Waals surface area contributed by atoms with Crippen molar-refractivity contribution in [3.8, 4) is 0 Å². The summed E-state index contributed by atoms with van der Waals surface area (Å²) in [5.41, 5.74) is 2.72. The van der Waals surface area contributed by atoms with Crippen LogP contribution in [0.5, 0.6) is 0 Å². The molecule has 2 N–H and O–H groups in total. The molecule has 4 rings (SSSR count). The van der Waals surface area contributed by atoms with Crippen molar-refractivity contribution >= 4 is 33.0 Å². The molecule has 2 aliphatic heterocycles. The molecule has 7 heteroatoms. The van der Waals surface area contributed by atoms with Crippen molar-refractivity contribution < 1.29 is 8.42 Å². The smallest absolute Gasteiger partial charge is 0.243 e. The number of rotatable bonds is 3. The second-order valence-electron chi connectivity index (χ2n) is 6.09. The van der Waals surface area contributed by atoms with Gasteiger partial charge < -0.3 is 10.2 Å². The Labute approximate surface area is 146 Å². The lowest BCUT2D eigenvalue weighted by molar-refractivity contribution is 0.583. The molecule has 1 unspecified atom stereocenters. The van der Waals surface area contributed by atoms with Gasteiger partial charge in [-0.25, -0.2) is 8.42 Å². The van der Waals surface area contributed by atoms with Crippen LogP contribution in [0.3, 0.4) is 0 Å². The molecule has 2 aromatic rings. The molecule has 1 atom stereocenters. The van der Waals surface area contributed by atoms with Gasteiger partial charge in [0, 0.05) is 23.7 Å². The number of nitrogens with zero attached hydrogens (tertiary/aromatic N) is 1. The van der Waals surface area contributed by atoms with Gasteiger partial charge in [-0.1, -0.05) is 29.8 Å². The summed E-state index contributed by atoms with van der Waals surface area (Å²) < 4.78 is 27.3. The number of halogens is 1. The topological polar surface area (TPSA) is 61.4 Å². The van der Waals surface area contributed by atoms with E-state index in [1.54, 1.807) is 12.1 Å². The highest BCUT2D eigenvalue weighted by Gasteiger charge is 2.34. The molecule has 2 aromatic carbocycles. The van der Waals surface area contributed by atoms with Gasteiger partial charge in [0.25, 0.3) is 0 Å². The third kappa shape index (κ3) is 2.75. The standard InChI is InChI=1S/C17H18ClN3O2S/c18-12-7-8-13-16(11-12)24(22,23)20-17(13)19-14-5-1-2-6-15(14)21-9-3-4-10-21/h1-2,5-8,11,17,19-20H,3-4,9-10H2. The van der Waals surface area contributed by atoms with Crippen LogP contribution in [0.1, 0.15) is 24.6 Å². The maximum atomic E-state index is 12.3. The molecule has 24 heavy (non-hydrogen) atoms. The molecule has 0 saturated carbocycles. The Kier molecular flexibility index (Phi) is 3.90. The van der Waals surface area contributed by atoms with Gasteiger partial charge in [-0.3, -0.25) is 0 Å². The summed E-state index contributed by atoms with van der Waals surface area (Å²) in [6.07, 6.45) is 1.88. The number of sulfonamides is 1. The van der Waals surface area contributed by atoms with Crippen molar-refractivity contribution in [2.45, 2.75) is 23.9 Å². The first kappa shape index (κ1) is 15.7. The van der Waals surface area contributed by atoms with Gasteiger partial charge in [-0.15, -0.1) is 0 Å². The largest absolute Gasteiger partial charge is 0.370 e. The Morgan fingerprint density at radius 1 is 1.12 bits per heavy atom. The Hall–Kier alpha value is -1.76. The van der Waals surface area contributed by atoms with Gasteiger partial charge in [-0.05, 0) is 37.1 Å². The van der Waals surface area contributed by atoms with E-state index in [1.807, 2.05) is 18.2 Å². The number of para-hydroxylation sites is 2. The predicted molar refractivity (Wildman–Crippen MR) is 96.0 cm³/mol. The Morgan fingerprint density at radius 2 is 1.88 bits per heavy atom. The zero-order chi connectivity index (χ0) is 16.7. The van der Waals surface area contributed by atoms with Crippen molar-refractivity contribution in [1.29, 1.82) is 0 Å². The maximum absolute atomic E-state index is 12.3. The van der Waals surface area contributed by atoms with E-state index >= 15 is 0 Å². The molecule has 5 nitrogen and oxygen atoms in total. The summed E-state index contributed by atoms with van der Waals surface area (Å²) in [6.45, 7) is 2.06. The van der Waals surface area contributed by atoms with Gasteiger partial charge in [0.15, 0.2) is 0 Å². The van der Waals surface area contributed by atoms with Crippen molar-refractivity contribution in [3.63, 3.8) is 0 Å². The van der Waals surface area contributed by atoms with E-state index in [0.717, 1.165) is 24.5 Å². The van der Waals surface area contributed by atoms with Crippen LogP contribution >= 0.6 is 11.6 Å². The van der Waals surface area contributed by atoms with E-state index in [9.17, 15) is 8.42 Å². The van der Waals surface area contributed by atoms with Crippen LogP contribution in [-0.4, -0.2) is 21.5 Å². The summed E-state index contributed by atoms with van der Waals surface area (Å²) >= 11 is 5.95. The molecule has 1 fully saturated rings. The molecule has 0 aliphatic carbocycles. The van der Waals surface area contributed by atoms with Crippen molar-refractivity contribution in [1.82, 2.24) is 4.72 Å². The SMILES string of the molecule is O=S1(=O)NC(Nc2ccccc2N2CCCC2)c2ccc(Cl)cc21. The Balaban J connectivity index is 1.68. The fourth-order valence-corrected chi connectivity index (χ4v) is 4.99. The average Bonchev–Trinajstić information content (AvgIpc) is 3.16. The summed E-state index contributed by atoms with van der Waals surface area (Å²) in [4.78, 5) is 2.57. The molecule has 126 valence electrons. The fraction of sp³-hybridized carbons (Fsp3) is 0.294. The summed E-state index contributed by atoms with van der Waals surface area (Å²) in [6, 6.07) is 13.0. The summed E-state index contributed by atoms with van der Waals surface area (Å²) in [5, 5.41) is 3.76. The number of hydrogen-bond donors (Lipinski definition) is 2. The van der Waals surface area contributed by atoms with Crippen LogP contribution < -0.4 is 14.9 Å². The minimum atomic E-state index is -3.54. The average molecular weight is 364 g/mol. The molecule has 0 amide bonds. The first-order valence-corrected chi connectivity index (χ1v) is 9.83. The van der Waals surface area contributed by atoms with Gasteiger partial charge in [0.2, 0.25) is 10.0 Å². The molecule has 0 radical (unpaired) electrons. The highest BCUT2D eigenvalue weighted by molar-refractivity contribution is 7.89. The lowest BCUT2D eigenvalue weighted by atomic mass is 10.1. The normalized spacial score (nSPS) is 21.7. The Bertz CT molecular complexity index is 879. The van der Waals surface area contributed by atoms with Crippen molar-refractivity contribution in [2.75, 3.05) is 23.3 Å². The third-order valence-corrected chi connectivity index (χ3v) is 6.21. The van der Waals surface area contributed by atoms with Gasteiger partial charge in [-0.2, -0.15) is 4.72 Å². The van der Waals surface area contributed by atoms with E-state index in [4.69, 9.17) is 11.6 Å². The van der Waals surface area contributed by atoms with Crippen LogP contribution in [0, 0.1) is 0 Å². The van der Waals surface area contributed by atoms with Crippen molar-refractivity contribution in [3.05, 3.63) is 53.1 Å². The van der Waals surface area contributed by atoms with E-state index in [2.05, 4.69) is 21.0 Å². The van der Waals surface area contributed by atoms with E-state index < -0.39 is 16.2 Å². The minimum absolute atomic E-state index is 0.242. The van der Waals surface area contributed by atoms with Crippen molar-refractivity contribution in [2.24, 2.45) is 0 Å². The van der Waals surface area contributed by atoms with Crippen LogP contribution in [-0.2, 0) is 10.0 Å². The van der Waals surface area contributed by atoms with Gasteiger partial charge >= 0.3 is 0 Å². The summed E-state index contributed by atoms with van der Waals surface area (Å²) in [5.74, 6) is 0. The quantitative estimate of drug-likeness (QED) is 0.878. The first-order valence-electron chi connectivity index (χ1n) is 7.97. The second kappa shape index (κ2) is 5.95. The molecule has 2 aliphatic rings. The highest BCUT2D eigenvalue weighted by atomic mass is 35.5. The lowest BCUT2D eigenvalue weighted by Crippen LogP contribution is -2.27. The molecule has 2 heterocycles. The molecular formula is C17H18ClN3O2S. The highest BCUT2D eigenvalue weighted by Crippen LogP contribution is 2.36. The summed E-state index contributed by atoms with van der Waals surface area (Å²) in [7, 11) is -3.54. The maximum Gasteiger partial charge on any atom is 0.243 e. The fourth-order valence-electron chi connectivity index (χ4n) is 3.35. The van der Waals surface area contributed by atoms with Crippen LogP contribution in [0.25, 0.3) is 0 Å². The molecule has 0 spiro atoms. The monoisotopic (exact) mass is 363 g/mol. The second-order valence-corrected chi connectivity index (χ2v) is 8.21. The number of hydrogen-bond acceptors (Lipinski definition) is 4. The molecule has 1 saturated heterocycles. The van der Waals surface area contributed by atoms with E-state index in [-0.39, 0.29) is 4.90 Å². The number of fused-ring (bicyclic) bond motifs is 1. The Morgan fingerprint density at radius 3 is 2.67 bits per heavy atom. The number of benzene rings is 2. The predicted octanol–water partition coefficient (Wildman–Crippen LogP) is 3.34. The van der Waals surface area contributed by atoms with E-state index in [0.29, 0.717) is 10.6 Å². The number of nitrogens with one attached hydrogen (secondary N) is 2. The van der Waals surface area contributed by atoms with Crippen LogP contribution in [0.15, 0.2) is 47.4 Å². The van der Waals surface area contributed by atoms with E-state index in [1.165, 1.54) is 18.9 Å². The van der Waals surface area contributed by atoms with Crippen LogP contribution in [0.2, 0.25) is 5.02 Å². The first-order chi connectivity index (χ1) is 11.5. The zero-order valence-corrected chi connectivity index (χ0v) is 14.6. The minimum Gasteiger partial charge on any atom is -0.370 e. The van der Waals surface area contributed by atoms with Gasteiger partial charge in [0.1, 0.15) is 6.17 Å². The van der Waals surface area contributed by atoms with Crippen LogP contribution in [0.4, 0.5) is 11.4 Å². The molecule has 0 bridgehead atoms. The molecular weight excluding hydrogens is 346 g/mol.